The van der Waals surface area contributed by atoms with Crippen LogP contribution in [0.1, 0.15) is 22.8 Å². The van der Waals surface area contributed by atoms with E-state index >= 15 is 0 Å². The van der Waals surface area contributed by atoms with Crippen LogP contribution in [-0.4, -0.2) is 50.3 Å². The minimum atomic E-state index is -0.178. The first-order valence-corrected chi connectivity index (χ1v) is 9.34. The van der Waals surface area contributed by atoms with E-state index < -0.39 is 0 Å². The van der Waals surface area contributed by atoms with Crippen molar-refractivity contribution >= 4 is 35.8 Å². The highest BCUT2D eigenvalue weighted by Gasteiger charge is 2.04. The summed E-state index contributed by atoms with van der Waals surface area (Å²) in [5.41, 5.74) is 1.71. The Balaban J connectivity index is 0.00000420. The molecule has 0 aromatic heterocycles. The smallest absolute Gasteiger partial charge is 0.251 e. The molecule has 0 fully saturated rings. The lowest BCUT2D eigenvalue weighted by Gasteiger charge is -2.12. The number of halogens is 1. The van der Waals surface area contributed by atoms with Crippen LogP contribution >= 0.6 is 24.0 Å². The number of guanidine groups is 1. The third-order valence-electron chi connectivity index (χ3n) is 4.01. The zero-order valence-corrected chi connectivity index (χ0v) is 19.1. The lowest BCUT2D eigenvalue weighted by atomic mass is 10.1. The highest BCUT2D eigenvalue weighted by Crippen LogP contribution is 2.11. The van der Waals surface area contributed by atoms with Gasteiger partial charge in [-0.3, -0.25) is 9.79 Å². The molecule has 0 spiro atoms. The number of amides is 1. The van der Waals surface area contributed by atoms with E-state index in [1.165, 1.54) is 17.7 Å². The third-order valence-corrected chi connectivity index (χ3v) is 4.01. The van der Waals surface area contributed by atoms with Crippen molar-refractivity contribution in [2.24, 2.45) is 4.99 Å². The van der Waals surface area contributed by atoms with Gasteiger partial charge in [-0.15, -0.1) is 24.0 Å². The van der Waals surface area contributed by atoms with Gasteiger partial charge in [0.05, 0.1) is 7.11 Å². The van der Waals surface area contributed by atoms with E-state index in [2.05, 4.69) is 20.9 Å². The number of ether oxygens (including phenoxy) is 1. The Labute approximate surface area is 189 Å². The van der Waals surface area contributed by atoms with Gasteiger partial charge in [0.15, 0.2) is 5.96 Å². The summed E-state index contributed by atoms with van der Waals surface area (Å²) in [6.45, 7) is 4.43. The van der Waals surface area contributed by atoms with Gasteiger partial charge in [-0.25, -0.2) is 0 Å². The van der Waals surface area contributed by atoms with Gasteiger partial charge < -0.3 is 25.8 Å². The topological polar surface area (TPSA) is 95.0 Å². The van der Waals surface area contributed by atoms with Gasteiger partial charge in [0, 0.05) is 31.7 Å². The number of methoxy groups -OCH3 is 1. The minimum absolute atomic E-state index is 0. The molecule has 158 valence electrons. The van der Waals surface area contributed by atoms with Gasteiger partial charge in [0.25, 0.3) is 5.91 Å². The van der Waals surface area contributed by atoms with Crippen LogP contribution in [0.5, 0.6) is 11.5 Å². The van der Waals surface area contributed by atoms with E-state index in [-0.39, 0.29) is 35.6 Å². The maximum atomic E-state index is 12.0. The molecule has 0 saturated heterocycles. The number of nitrogens with zero attached hydrogens (tertiary/aromatic N) is 1. The van der Waals surface area contributed by atoms with Crippen LogP contribution in [0.15, 0.2) is 53.5 Å². The molecular weight excluding hydrogens is 483 g/mol. The van der Waals surface area contributed by atoms with Crippen molar-refractivity contribution in [3.05, 3.63) is 59.7 Å². The van der Waals surface area contributed by atoms with Crippen molar-refractivity contribution in [2.75, 3.05) is 33.3 Å². The molecule has 2 rings (SSSR count). The van der Waals surface area contributed by atoms with Crippen molar-refractivity contribution in [1.29, 1.82) is 0 Å². The average molecular weight is 512 g/mol. The molecule has 0 aliphatic rings. The summed E-state index contributed by atoms with van der Waals surface area (Å²) in [5.74, 6) is 1.52. The first-order valence-electron chi connectivity index (χ1n) is 9.34. The number of carbonyl (C=O) groups excluding carboxylic acids is 1. The summed E-state index contributed by atoms with van der Waals surface area (Å²) in [7, 11) is 1.65. The fourth-order valence-corrected chi connectivity index (χ4v) is 2.50. The van der Waals surface area contributed by atoms with Crippen molar-refractivity contribution in [2.45, 2.75) is 13.3 Å². The summed E-state index contributed by atoms with van der Waals surface area (Å²) >= 11 is 0. The van der Waals surface area contributed by atoms with E-state index in [0.29, 0.717) is 25.2 Å². The molecular formula is C21H29IN4O3. The summed E-state index contributed by atoms with van der Waals surface area (Å²) in [6.07, 6.45) is 0.832. The Hall–Kier alpha value is -2.49. The molecule has 0 radical (unpaired) electrons. The number of phenolic OH excluding ortho intramolecular Hbond substituents is 1. The monoisotopic (exact) mass is 512 g/mol. The van der Waals surface area contributed by atoms with Gasteiger partial charge in [-0.2, -0.15) is 0 Å². The van der Waals surface area contributed by atoms with Crippen LogP contribution in [-0.2, 0) is 6.42 Å². The molecule has 0 bridgehead atoms. The van der Waals surface area contributed by atoms with Gasteiger partial charge in [0.1, 0.15) is 11.5 Å². The van der Waals surface area contributed by atoms with Gasteiger partial charge in [-0.1, -0.05) is 12.1 Å². The first-order chi connectivity index (χ1) is 13.6. The van der Waals surface area contributed by atoms with E-state index in [9.17, 15) is 9.90 Å². The van der Waals surface area contributed by atoms with Gasteiger partial charge in [0.2, 0.25) is 0 Å². The number of carbonyl (C=O) groups is 1. The Morgan fingerprint density at radius 3 is 2.28 bits per heavy atom. The first kappa shape index (κ1) is 24.5. The predicted molar refractivity (Wildman–Crippen MR) is 127 cm³/mol. The molecule has 29 heavy (non-hydrogen) atoms. The highest BCUT2D eigenvalue weighted by molar-refractivity contribution is 14.0. The molecule has 0 aliphatic heterocycles. The number of aliphatic imine (C=N–C) groups is 1. The predicted octanol–water partition coefficient (Wildman–Crippen LogP) is 2.55. The number of hydrogen-bond donors (Lipinski definition) is 4. The van der Waals surface area contributed by atoms with Crippen molar-refractivity contribution < 1.29 is 14.6 Å². The fraction of sp³-hybridized carbons (Fsp3) is 0.333. The second kappa shape index (κ2) is 13.6. The van der Waals surface area contributed by atoms with Crippen LogP contribution in [0, 0.1) is 0 Å². The van der Waals surface area contributed by atoms with Gasteiger partial charge in [-0.05, 0) is 55.3 Å². The number of nitrogens with one attached hydrogen (secondary N) is 3. The van der Waals surface area contributed by atoms with E-state index in [1.807, 2.05) is 31.2 Å². The molecule has 0 atom stereocenters. The zero-order chi connectivity index (χ0) is 20.2. The van der Waals surface area contributed by atoms with Crippen LogP contribution in [0.4, 0.5) is 0 Å². The number of benzene rings is 2. The van der Waals surface area contributed by atoms with E-state index in [1.54, 1.807) is 19.2 Å². The number of aromatic hydroxyl groups is 1. The molecule has 8 heteroatoms. The largest absolute Gasteiger partial charge is 0.508 e. The molecule has 7 nitrogen and oxygen atoms in total. The molecule has 0 aliphatic carbocycles. The summed E-state index contributed by atoms with van der Waals surface area (Å²) in [5, 5.41) is 18.5. The maximum absolute atomic E-state index is 12.0. The second-order valence-corrected chi connectivity index (χ2v) is 6.09. The lowest BCUT2D eigenvalue weighted by molar-refractivity contribution is 0.0954. The van der Waals surface area contributed by atoms with Crippen LogP contribution in [0.3, 0.4) is 0 Å². The summed E-state index contributed by atoms with van der Waals surface area (Å²) in [6, 6.07) is 14.1. The Kier molecular flexibility index (Phi) is 11.6. The third kappa shape index (κ3) is 9.03. The molecule has 1 amide bonds. The number of phenols is 1. The Morgan fingerprint density at radius 1 is 1.00 bits per heavy atom. The van der Waals surface area contributed by atoms with E-state index in [0.717, 1.165) is 24.7 Å². The minimum Gasteiger partial charge on any atom is -0.508 e. The molecule has 2 aromatic rings. The van der Waals surface area contributed by atoms with Crippen molar-refractivity contribution in [3.8, 4) is 11.5 Å². The molecule has 0 heterocycles. The lowest BCUT2D eigenvalue weighted by Crippen LogP contribution is -2.41. The van der Waals surface area contributed by atoms with Crippen LogP contribution in [0.25, 0.3) is 0 Å². The Morgan fingerprint density at radius 2 is 1.66 bits per heavy atom. The van der Waals surface area contributed by atoms with Crippen molar-refractivity contribution in [3.63, 3.8) is 0 Å². The quantitative estimate of drug-likeness (QED) is 0.179. The molecule has 0 saturated carbocycles. The second-order valence-electron chi connectivity index (χ2n) is 6.09. The molecule has 0 unspecified atom stereocenters. The normalized spacial score (nSPS) is 10.6. The average Bonchev–Trinajstić information content (AvgIpc) is 2.72. The highest BCUT2D eigenvalue weighted by atomic mass is 127. The number of hydrogen-bond acceptors (Lipinski definition) is 4. The maximum Gasteiger partial charge on any atom is 0.251 e. The molecule has 4 N–H and O–H groups in total. The summed E-state index contributed by atoms with van der Waals surface area (Å²) in [4.78, 5) is 16.6. The van der Waals surface area contributed by atoms with Crippen LogP contribution in [0.2, 0.25) is 0 Å². The van der Waals surface area contributed by atoms with E-state index in [4.69, 9.17) is 4.74 Å². The SMILES string of the molecule is CCNC(=NCCc1ccc(OC)cc1)NCCNC(=O)c1ccc(O)cc1.I. The van der Waals surface area contributed by atoms with Crippen LogP contribution < -0.4 is 20.7 Å². The van der Waals surface area contributed by atoms with Crippen molar-refractivity contribution in [1.82, 2.24) is 16.0 Å². The van der Waals surface area contributed by atoms with Gasteiger partial charge >= 0.3 is 0 Å². The summed E-state index contributed by atoms with van der Waals surface area (Å²) < 4.78 is 5.16. The Bertz CT molecular complexity index is 765. The zero-order valence-electron chi connectivity index (χ0n) is 16.8. The number of rotatable bonds is 9. The molecule has 2 aromatic carbocycles. The standard InChI is InChI=1S/C21H28N4O3.HI/c1-3-22-21(24-13-12-16-4-10-19(28-2)11-5-16)25-15-14-23-20(27)17-6-8-18(26)9-7-17;/h4-11,26H,3,12-15H2,1-2H3,(H,23,27)(H2,22,24,25);1H. The fourth-order valence-electron chi connectivity index (χ4n) is 2.50.